The van der Waals surface area contributed by atoms with Crippen molar-refractivity contribution in [2.24, 2.45) is 5.92 Å². The van der Waals surface area contributed by atoms with Gasteiger partial charge in [0.1, 0.15) is 0 Å². The molecule has 1 aromatic carbocycles. The van der Waals surface area contributed by atoms with Crippen molar-refractivity contribution in [3.05, 3.63) is 30.3 Å². The zero-order chi connectivity index (χ0) is 17.4. The topological polar surface area (TPSA) is 59.6 Å². The number of benzene rings is 1. The second-order valence-corrected chi connectivity index (χ2v) is 10.2. The van der Waals surface area contributed by atoms with Crippen molar-refractivity contribution in [2.45, 2.75) is 45.4 Å². The lowest BCUT2D eigenvalue weighted by Gasteiger charge is -2.27. The summed E-state index contributed by atoms with van der Waals surface area (Å²) < 4.78 is 12.3. The number of hydrogen-bond donors (Lipinski definition) is 2. The number of hydrogen-bond acceptors (Lipinski definition) is 4. The van der Waals surface area contributed by atoms with E-state index in [-0.39, 0.29) is 12.0 Å². The molecule has 1 aliphatic heterocycles. The van der Waals surface area contributed by atoms with Crippen LogP contribution in [0, 0.1) is 5.92 Å². The van der Waals surface area contributed by atoms with E-state index >= 15 is 0 Å². The van der Waals surface area contributed by atoms with Crippen LogP contribution in [0.1, 0.15) is 26.7 Å². The number of carbonyl (C=O) groups is 1. The fourth-order valence-corrected chi connectivity index (χ4v) is 5.76. The molecule has 5 nitrogen and oxygen atoms in total. The third kappa shape index (κ3) is 6.63. The summed E-state index contributed by atoms with van der Waals surface area (Å²) in [6, 6.07) is 10.6. The Labute approximate surface area is 146 Å². The van der Waals surface area contributed by atoms with Crippen LogP contribution in [-0.2, 0) is 13.6 Å². The fraction of sp³-hybridized carbons (Fsp3) is 0.611. The lowest BCUT2D eigenvalue weighted by Crippen LogP contribution is -2.41. The summed E-state index contributed by atoms with van der Waals surface area (Å²) in [6.07, 6.45) is 2.22. The SMILES string of the molecule is CC1CO[Si](C)(CCCNC(=O)CNc2ccccc2)OC(C)C1. The van der Waals surface area contributed by atoms with E-state index in [2.05, 4.69) is 31.0 Å². The van der Waals surface area contributed by atoms with Crippen LogP contribution >= 0.6 is 0 Å². The van der Waals surface area contributed by atoms with E-state index in [1.54, 1.807) is 0 Å². The molecule has 1 saturated heterocycles. The van der Waals surface area contributed by atoms with Crippen LogP contribution in [0.3, 0.4) is 0 Å². The molecule has 0 saturated carbocycles. The average Bonchev–Trinajstić information content (AvgIpc) is 2.68. The summed E-state index contributed by atoms with van der Waals surface area (Å²) >= 11 is 0. The van der Waals surface area contributed by atoms with Crippen LogP contribution in [0.15, 0.2) is 30.3 Å². The Morgan fingerprint density at radius 3 is 2.79 bits per heavy atom. The van der Waals surface area contributed by atoms with Gasteiger partial charge in [-0.1, -0.05) is 25.1 Å². The van der Waals surface area contributed by atoms with Crippen molar-refractivity contribution < 1.29 is 13.6 Å². The van der Waals surface area contributed by atoms with Gasteiger partial charge < -0.3 is 19.5 Å². The van der Waals surface area contributed by atoms with Crippen LogP contribution in [0.5, 0.6) is 0 Å². The van der Waals surface area contributed by atoms with Crippen LogP contribution < -0.4 is 10.6 Å². The molecule has 1 aromatic rings. The van der Waals surface area contributed by atoms with E-state index in [9.17, 15) is 4.79 Å². The Bertz CT molecular complexity index is 514. The molecule has 1 fully saturated rings. The van der Waals surface area contributed by atoms with Gasteiger partial charge >= 0.3 is 8.56 Å². The smallest absolute Gasteiger partial charge is 0.335 e. The molecule has 24 heavy (non-hydrogen) atoms. The lowest BCUT2D eigenvalue weighted by molar-refractivity contribution is -0.119. The summed E-state index contributed by atoms with van der Waals surface area (Å²) in [6.45, 7) is 8.23. The molecule has 2 rings (SSSR count). The average molecular weight is 351 g/mol. The van der Waals surface area contributed by atoms with E-state index in [0.717, 1.165) is 31.2 Å². The Balaban J connectivity index is 1.64. The molecule has 1 aliphatic rings. The molecule has 3 unspecified atom stereocenters. The highest BCUT2D eigenvalue weighted by Crippen LogP contribution is 2.25. The highest BCUT2D eigenvalue weighted by atomic mass is 28.4. The van der Waals surface area contributed by atoms with Crippen LogP contribution in [0.25, 0.3) is 0 Å². The molecule has 1 heterocycles. The van der Waals surface area contributed by atoms with Crippen molar-refractivity contribution in [3.63, 3.8) is 0 Å². The van der Waals surface area contributed by atoms with Crippen molar-refractivity contribution in [1.29, 1.82) is 0 Å². The first kappa shape index (κ1) is 19.0. The number of nitrogens with one attached hydrogen (secondary N) is 2. The molecule has 1 amide bonds. The van der Waals surface area contributed by atoms with Gasteiger partial charge in [-0.05, 0) is 50.4 Å². The molecule has 0 radical (unpaired) electrons. The van der Waals surface area contributed by atoms with Crippen molar-refractivity contribution >= 4 is 20.2 Å². The maximum absolute atomic E-state index is 11.9. The number of anilines is 1. The number of carbonyl (C=O) groups excluding carboxylic acids is 1. The molecule has 0 aromatic heterocycles. The molecular weight excluding hydrogens is 320 g/mol. The summed E-state index contributed by atoms with van der Waals surface area (Å²) in [5, 5.41) is 6.06. The van der Waals surface area contributed by atoms with E-state index in [1.165, 1.54) is 0 Å². The Morgan fingerprint density at radius 1 is 1.29 bits per heavy atom. The summed E-state index contributed by atoms with van der Waals surface area (Å²) in [5.41, 5.74) is 0.955. The zero-order valence-corrected chi connectivity index (χ0v) is 16.0. The first-order valence-corrected chi connectivity index (χ1v) is 11.4. The predicted octanol–water partition coefficient (Wildman–Crippen LogP) is 3.14. The Kier molecular flexibility index (Phi) is 7.27. The molecule has 6 heteroatoms. The second kappa shape index (κ2) is 9.20. The second-order valence-electron chi connectivity index (χ2n) is 6.89. The van der Waals surface area contributed by atoms with Gasteiger partial charge in [-0.15, -0.1) is 0 Å². The van der Waals surface area contributed by atoms with Gasteiger partial charge in [0.15, 0.2) is 0 Å². The Hall–Kier alpha value is -1.37. The van der Waals surface area contributed by atoms with Gasteiger partial charge in [-0.25, -0.2) is 0 Å². The van der Waals surface area contributed by atoms with E-state index in [4.69, 9.17) is 8.85 Å². The molecule has 3 atom stereocenters. The van der Waals surface area contributed by atoms with Gasteiger partial charge in [0.25, 0.3) is 0 Å². The summed E-state index contributed by atoms with van der Waals surface area (Å²) in [5.74, 6) is 0.563. The third-order valence-corrected chi connectivity index (χ3v) is 7.15. The van der Waals surface area contributed by atoms with Gasteiger partial charge in [0.2, 0.25) is 5.91 Å². The van der Waals surface area contributed by atoms with Crippen LogP contribution in [0.2, 0.25) is 12.6 Å². The van der Waals surface area contributed by atoms with E-state index in [0.29, 0.717) is 19.0 Å². The highest BCUT2D eigenvalue weighted by molar-refractivity contribution is 6.66. The third-order valence-electron chi connectivity index (χ3n) is 4.21. The van der Waals surface area contributed by atoms with Gasteiger partial charge in [-0.2, -0.15) is 0 Å². The zero-order valence-electron chi connectivity index (χ0n) is 15.0. The van der Waals surface area contributed by atoms with Crippen molar-refractivity contribution in [1.82, 2.24) is 5.32 Å². The minimum absolute atomic E-state index is 0.00960. The summed E-state index contributed by atoms with van der Waals surface area (Å²) in [4.78, 5) is 11.9. The minimum atomic E-state index is -2.10. The highest BCUT2D eigenvalue weighted by Gasteiger charge is 2.36. The van der Waals surface area contributed by atoms with Crippen molar-refractivity contribution in [3.8, 4) is 0 Å². The fourth-order valence-electron chi connectivity index (χ4n) is 3.03. The van der Waals surface area contributed by atoms with Crippen LogP contribution in [-0.4, -0.2) is 40.3 Å². The summed E-state index contributed by atoms with van der Waals surface area (Å²) in [7, 11) is -2.10. The first-order chi connectivity index (χ1) is 11.5. The quantitative estimate of drug-likeness (QED) is 0.586. The molecule has 0 bridgehead atoms. The molecule has 0 spiro atoms. The lowest BCUT2D eigenvalue weighted by atomic mass is 10.1. The predicted molar refractivity (Wildman–Crippen MR) is 99.3 cm³/mol. The first-order valence-electron chi connectivity index (χ1n) is 8.84. The standard InChI is InChI=1S/C18H30N2O3Si/c1-15-12-16(2)23-24(3,22-14-15)11-7-10-19-18(21)13-20-17-8-5-4-6-9-17/h4-6,8-9,15-16,20H,7,10-14H2,1-3H3,(H,19,21). The number of para-hydroxylation sites is 1. The molecular formula is C18H30N2O3Si. The monoisotopic (exact) mass is 350 g/mol. The van der Waals surface area contributed by atoms with E-state index < -0.39 is 8.56 Å². The molecule has 134 valence electrons. The van der Waals surface area contributed by atoms with Crippen molar-refractivity contribution in [2.75, 3.05) is 25.0 Å². The maximum Gasteiger partial charge on any atom is 0.335 e. The maximum atomic E-state index is 11.9. The van der Waals surface area contributed by atoms with Gasteiger partial charge in [-0.3, -0.25) is 4.79 Å². The van der Waals surface area contributed by atoms with Gasteiger partial charge in [0, 0.05) is 24.9 Å². The van der Waals surface area contributed by atoms with E-state index in [1.807, 2.05) is 30.3 Å². The Morgan fingerprint density at radius 2 is 2.04 bits per heavy atom. The number of rotatable bonds is 7. The van der Waals surface area contributed by atoms with Gasteiger partial charge in [0.05, 0.1) is 6.54 Å². The molecule has 2 N–H and O–H groups in total. The molecule has 0 aliphatic carbocycles. The number of amides is 1. The van der Waals surface area contributed by atoms with Crippen LogP contribution in [0.4, 0.5) is 5.69 Å². The largest absolute Gasteiger partial charge is 0.394 e. The minimum Gasteiger partial charge on any atom is -0.394 e. The normalized spacial score (nSPS) is 27.3.